The van der Waals surface area contributed by atoms with Crippen LogP contribution in [0.3, 0.4) is 0 Å². The van der Waals surface area contributed by atoms with Crippen molar-refractivity contribution in [1.82, 2.24) is 5.32 Å². The molecule has 106 valence electrons. The number of aryl methyl sites for hydroxylation is 1. The fourth-order valence-corrected chi connectivity index (χ4v) is 2.23. The predicted molar refractivity (Wildman–Crippen MR) is 79.0 cm³/mol. The van der Waals surface area contributed by atoms with Crippen LogP contribution in [-0.4, -0.2) is 18.3 Å². The maximum Gasteiger partial charge on any atom is 0.123 e. The maximum atomic E-state index is 13.0. The van der Waals surface area contributed by atoms with Crippen LogP contribution in [0, 0.1) is 5.82 Å². The van der Waals surface area contributed by atoms with Crippen LogP contribution in [0.25, 0.3) is 0 Å². The van der Waals surface area contributed by atoms with Gasteiger partial charge in [-0.3, -0.25) is 0 Å². The maximum absolute atomic E-state index is 13.0. The molecule has 1 atom stereocenters. The van der Waals surface area contributed by atoms with Crippen molar-refractivity contribution in [2.45, 2.75) is 18.9 Å². The van der Waals surface area contributed by atoms with E-state index < -0.39 is 0 Å². The number of hydrogen-bond acceptors (Lipinski definition) is 2. The van der Waals surface area contributed by atoms with Crippen molar-refractivity contribution in [3.63, 3.8) is 0 Å². The second-order valence-electron chi connectivity index (χ2n) is 4.83. The summed E-state index contributed by atoms with van der Waals surface area (Å²) >= 11 is 0. The molecule has 0 heterocycles. The Balaban J connectivity index is 1.77. The van der Waals surface area contributed by atoms with Gasteiger partial charge in [0.2, 0.25) is 0 Å². The highest BCUT2D eigenvalue weighted by Crippen LogP contribution is 2.12. The molecular formula is C17H20FNO. The van der Waals surface area contributed by atoms with E-state index in [4.69, 9.17) is 0 Å². The minimum Gasteiger partial charge on any atom is -0.394 e. The van der Waals surface area contributed by atoms with Crippen molar-refractivity contribution in [1.29, 1.82) is 0 Å². The summed E-state index contributed by atoms with van der Waals surface area (Å²) in [5.41, 5.74) is 2.09. The second kappa shape index (κ2) is 7.78. The topological polar surface area (TPSA) is 32.3 Å². The molecule has 20 heavy (non-hydrogen) atoms. The van der Waals surface area contributed by atoms with Crippen molar-refractivity contribution in [2.75, 3.05) is 13.2 Å². The van der Waals surface area contributed by atoms with Crippen LogP contribution < -0.4 is 5.32 Å². The van der Waals surface area contributed by atoms with Gasteiger partial charge in [0.15, 0.2) is 0 Å². The molecule has 0 radical (unpaired) electrons. The molecule has 2 N–H and O–H groups in total. The van der Waals surface area contributed by atoms with Gasteiger partial charge < -0.3 is 10.4 Å². The molecule has 0 aliphatic carbocycles. The molecule has 3 heteroatoms. The van der Waals surface area contributed by atoms with E-state index in [0.717, 1.165) is 30.5 Å². The Kier molecular flexibility index (Phi) is 5.71. The quantitative estimate of drug-likeness (QED) is 0.760. The first-order chi connectivity index (χ1) is 9.79. The molecule has 2 nitrogen and oxygen atoms in total. The second-order valence-corrected chi connectivity index (χ2v) is 4.83. The lowest BCUT2D eigenvalue weighted by atomic mass is 10.1. The highest BCUT2D eigenvalue weighted by atomic mass is 19.1. The van der Waals surface area contributed by atoms with Crippen LogP contribution in [0.5, 0.6) is 0 Å². The smallest absolute Gasteiger partial charge is 0.123 e. The van der Waals surface area contributed by atoms with Crippen molar-refractivity contribution < 1.29 is 9.50 Å². The van der Waals surface area contributed by atoms with E-state index in [0.29, 0.717) is 0 Å². The SMILES string of the molecule is OCC(NCCCc1cccc(F)c1)c1ccccc1. The number of aliphatic hydroxyl groups excluding tert-OH is 1. The van der Waals surface area contributed by atoms with Gasteiger partial charge in [-0.1, -0.05) is 42.5 Å². The zero-order valence-corrected chi connectivity index (χ0v) is 11.4. The summed E-state index contributed by atoms with van der Waals surface area (Å²) in [5.74, 6) is -0.187. The summed E-state index contributed by atoms with van der Waals surface area (Å²) in [6.45, 7) is 0.862. The van der Waals surface area contributed by atoms with Gasteiger partial charge in [-0.2, -0.15) is 0 Å². The summed E-state index contributed by atoms with van der Waals surface area (Å²) in [5, 5.41) is 12.7. The van der Waals surface area contributed by atoms with Crippen LogP contribution in [0.1, 0.15) is 23.6 Å². The van der Waals surface area contributed by atoms with E-state index >= 15 is 0 Å². The van der Waals surface area contributed by atoms with E-state index in [1.54, 1.807) is 12.1 Å². The Morgan fingerprint density at radius 2 is 1.85 bits per heavy atom. The zero-order valence-electron chi connectivity index (χ0n) is 11.4. The van der Waals surface area contributed by atoms with Gasteiger partial charge in [0.05, 0.1) is 12.6 Å². The van der Waals surface area contributed by atoms with Crippen LogP contribution in [0.4, 0.5) is 4.39 Å². The Morgan fingerprint density at radius 3 is 2.55 bits per heavy atom. The van der Waals surface area contributed by atoms with E-state index in [-0.39, 0.29) is 18.5 Å². The third-order valence-electron chi connectivity index (χ3n) is 3.31. The molecule has 0 fully saturated rings. The number of rotatable bonds is 7. The summed E-state index contributed by atoms with van der Waals surface area (Å²) in [7, 11) is 0. The Morgan fingerprint density at radius 1 is 1.05 bits per heavy atom. The Labute approximate surface area is 119 Å². The normalized spacial score (nSPS) is 12.3. The van der Waals surface area contributed by atoms with Gasteiger partial charge in [0, 0.05) is 0 Å². The van der Waals surface area contributed by atoms with Gasteiger partial charge in [-0.05, 0) is 42.6 Å². The Hall–Kier alpha value is -1.71. The van der Waals surface area contributed by atoms with Crippen LogP contribution in [0.15, 0.2) is 54.6 Å². The first-order valence-corrected chi connectivity index (χ1v) is 6.93. The van der Waals surface area contributed by atoms with Crippen molar-refractivity contribution in [2.24, 2.45) is 0 Å². The third kappa shape index (κ3) is 4.44. The lowest BCUT2D eigenvalue weighted by molar-refractivity contribution is 0.244. The molecule has 0 aromatic heterocycles. The average molecular weight is 273 g/mol. The Bertz CT molecular complexity index is 515. The number of benzene rings is 2. The predicted octanol–water partition coefficient (Wildman–Crippen LogP) is 3.08. The highest BCUT2D eigenvalue weighted by molar-refractivity contribution is 5.19. The van der Waals surface area contributed by atoms with E-state index in [1.807, 2.05) is 36.4 Å². The fourth-order valence-electron chi connectivity index (χ4n) is 2.23. The molecule has 2 rings (SSSR count). The van der Waals surface area contributed by atoms with Gasteiger partial charge >= 0.3 is 0 Å². The molecule has 0 bridgehead atoms. The number of aliphatic hydroxyl groups is 1. The van der Waals surface area contributed by atoms with Crippen LogP contribution in [0.2, 0.25) is 0 Å². The molecule has 0 saturated carbocycles. The molecule has 1 unspecified atom stereocenters. The van der Waals surface area contributed by atoms with Gasteiger partial charge in [-0.15, -0.1) is 0 Å². The minimum atomic E-state index is -0.187. The molecule has 0 aliphatic heterocycles. The summed E-state index contributed by atoms with van der Waals surface area (Å²) in [6, 6.07) is 16.5. The first-order valence-electron chi connectivity index (χ1n) is 6.93. The van der Waals surface area contributed by atoms with Gasteiger partial charge in [0.25, 0.3) is 0 Å². The van der Waals surface area contributed by atoms with Crippen molar-refractivity contribution in [3.05, 3.63) is 71.5 Å². The lowest BCUT2D eigenvalue weighted by Gasteiger charge is -2.16. The molecular weight excluding hydrogens is 253 g/mol. The highest BCUT2D eigenvalue weighted by Gasteiger charge is 2.08. The fraction of sp³-hybridized carbons (Fsp3) is 0.294. The summed E-state index contributed by atoms with van der Waals surface area (Å²) in [4.78, 5) is 0. The molecule has 2 aromatic carbocycles. The van der Waals surface area contributed by atoms with Gasteiger partial charge in [0.1, 0.15) is 5.82 Å². The van der Waals surface area contributed by atoms with Crippen molar-refractivity contribution in [3.8, 4) is 0 Å². The summed E-state index contributed by atoms with van der Waals surface area (Å²) in [6.07, 6.45) is 1.74. The molecule has 0 aliphatic rings. The zero-order chi connectivity index (χ0) is 14.2. The van der Waals surface area contributed by atoms with Gasteiger partial charge in [-0.25, -0.2) is 4.39 Å². The molecule has 0 saturated heterocycles. The summed E-state index contributed by atoms with van der Waals surface area (Å²) < 4.78 is 13.0. The minimum absolute atomic E-state index is 0.0382. The average Bonchev–Trinajstić information content (AvgIpc) is 2.48. The number of hydrogen-bond donors (Lipinski definition) is 2. The van der Waals surface area contributed by atoms with E-state index in [1.165, 1.54) is 6.07 Å². The number of nitrogens with one attached hydrogen (secondary N) is 1. The number of halogens is 1. The molecule has 0 amide bonds. The largest absolute Gasteiger partial charge is 0.394 e. The lowest BCUT2D eigenvalue weighted by Crippen LogP contribution is -2.25. The molecule has 0 spiro atoms. The van der Waals surface area contributed by atoms with Crippen molar-refractivity contribution >= 4 is 0 Å². The third-order valence-corrected chi connectivity index (χ3v) is 3.31. The van der Waals surface area contributed by atoms with E-state index in [2.05, 4.69) is 5.32 Å². The standard InChI is InChI=1S/C17H20FNO/c18-16-10-4-6-14(12-16)7-5-11-19-17(13-20)15-8-2-1-3-9-15/h1-4,6,8-10,12,17,19-20H,5,7,11,13H2. The van der Waals surface area contributed by atoms with Crippen LogP contribution in [-0.2, 0) is 6.42 Å². The monoisotopic (exact) mass is 273 g/mol. The van der Waals surface area contributed by atoms with E-state index in [9.17, 15) is 9.50 Å². The first kappa shape index (κ1) is 14.7. The molecule has 2 aromatic rings. The van der Waals surface area contributed by atoms with Crippen LogP contribution >= 0.6 is 0 Å².